The second-order valence-electron chi connectivity index (χ2n) is 13.2. The van der Waals surface area contributed by atoms with Gasteiger partial charge in [-0.25, -0.2) is 0 Å². The van der Waals surface area contributed by atoms with E-state index in [1.54, 1.807) is 6.92 Å². The first-order chi connectivity index (χ1) is 19.6. The molecule has 0 spiro atoms. The SMILES string of the molecule is CC(=O)[C@H]1CC[C@H]2[C@@H]3CC(CC#CC(F)(F)F)C4=CC(N=O)CCC4=C3[C@@H](c3ccc(N4CCCC4)cc3)C[C@]12C. The molecule has 7 heteroatoms. The summed E-state index contributed by atoms with van der Waals surface area (Å²) in [7, 11) is 0. The topological polar surface area (TPSA) is 49.7 Å². The van der Waals surface area contributed by atoms with Crippen molar-refractivity contribution in [2.24, 2.45) is 34.3 Å². The van der Waals surface area contributed by atoms with Gasteiger partial charge in [0.15, 0.2) is 0 Å². The number of hydrogen-bond acceptors (Lipinski definition) is 4. The highest BCUT2D eigenvalue weighted by Crippen LogP contribution is 2.66. The summed E-state index contributed by atoms with van der Waals surface area (Å²) < 4.78 is 38.9. The largest absolute Gasteiger partial charge is 0.457 e. The summed E-state index contributed by atoms with van der Waals surface area (Å²) >= 11 is 0. The lowest BCUT2D eigenvalue weighted by atomic mass is 9.50. The lowest BCUT2D eigenvalue weighted by Crippen LogP contribution is -2.45. The van der Waals surface area contributed by atoms with Gasteiger partial charge in [-0.3, -0.25) is 4.79 Å². The van der Waals surface area contributed by atoms with Crippen molar-refractivity contribution in [3.05, 3.63) is 57.5 Å². The lowest BCUT2D eigenvalue weighted by molar-refractivity contribution is -0.125. The Balaban J connectivity index is 1.46. The number of nitroso groups, excluding NO2 is 1. The molecular formula is C34H39F3N2O2. The van der Waals surface area contributed by atoms with Crippen molar-refractivity contribution in [1.82, 2.24) is 0 Å². The Hall–Kier alpha value is -2.88. The molecule has 1 saturated heterocycles. The Morgan fingerprint density at radius 3 is 2.51 bits per heavy atom. The van der Waals surface area contributed by atoms with Crippen LogP contribution in [0.5, 0.6) is 0 Å². The summed E-state index contributed by atoms with van der Waals surface area (Å²) in [6, 6.07) is 8.52. The van der Waals surface area contributed by atoms with E-state index in [1.807, 2.05) is 6.08 Å². The summed E-state index contributed by atoms with van der Waals surface area (Å²) in [6.07, 6.45) is 4.69. The van der Waals surface area contributed by atoms with Gasteiger partial charge in [-0.15, -0.1) is 0 Å². The molecule has 1 aromatic carbocycles. The quantitative estimate of drug-likeness (QED) is 0.268. The zero-order valence-electron chi connectivity index (χ0n) is 24.0. The molecule has 6 rings (SSSR count). The second kappa shape index (κ2) is 10.7. The number of fused-ring (bicyclic) bond motifs is 4. The molecule has 41 heavy (non-hydrogen) atoms. The molecule has 1 heterocycles. The van der Waals surface area contributed by atoms with Gasteiger partial charge in [-0.2, -0.15) is 18.1 Å². The number of anilines is 1. The molecule has 2 unspecified atom stereocenters. The van der Waals surface area contributed by atoms with Gasteiger partial charge in [0.1, 0.15) is 11.8 Å². The van der Waals surface area contributed by atoms with Crippen molar-refractivity contribution >= 4 is 11.5 Å². The molecule has 0 bridgehead atoms. The predicted molar refractivity (Wildman–Crippen MR) is 154 cm³/mol. The minimum absolute atomic E-state index is 0.000771. The van der Waals surface area contributed by atoms with Crippen LogP contribution < -0.4 is 4.90 Å². The highest BCUT2D eigenvalue weighted by molar-refractivity contribution is 5.79. The molecule has 2 saturated carbocycles. The van der Waals surface area contributed by atoms with E-state index in [4.69, 9.17) is 0 Å². The fraction of sp³-hybridized carbons (Fsp3) is 0.618. The molecule has 0 aromatic heterocycles. The highest BCUT2D eigenvalue weighted by atomic mass is 19.4. The summed E-state index contributed by atoms with van der Waals surface area (Å²) in [5.41, 5.74) is 5.95. The molecule has 218 valence electrons. The number of carbonyl (C=O) groups excluding carboxylic acids is 1. The maximum absolute atomic E-state index is 13.0. The normalized spacial score (nSPS) is 34.7. The molecule has 0 amide bonds. The van der Waals surface area contributed by atoms with Crippen LogP contribution in [-0.4, -0.2) is 31.1 Å². The number of hydrogen-bond donors (Lipinski definition) is 0. The standard InChI is InChI=1S/C34H39F3N2O2/c1-21(40)30-13-14-31-28-18-23(6-5-15-34(35,36)37)27-19-24(38-41)9-12-26(27)32(28)29(20-33(30,31)2)22-7-10-25(11-8-22)39-16-3-4-17-39/h7-8,10-11,19,23-24,28-31H,3-4,6,9,12-14,16-18,20H2,1-2H3/t23?,24?,28-,29+,30+,31-,33+/m0/s1. The summed E-state index contributed by atoms with van der Waals surface area (Å²) in [5.74, 6) is 4.60. The van der Waals surface area contributed by atoms with Gasteiger partial charge in [0.05, 0.1) is 0 Å². The van der Waals surface area contributed by atoms with Crippen LogP contribution in [0.4, 0.5) is 18.9 Å². The fourth-order valence-electron chi connectivity index (χ4n) is 9.33. The number of alkyl halides is 3. The second-order valence-corrected chi connectivity index (χ2v) is 13.2. The monoisotopic (exact) mass is 564 g/mol. The van der Waals surface area contributed by atoms with Crippen LogP contribution in [0.2, 0.25) is 0 Å². The number of benzene rings is 1. The zero-order chi connectivity index (χ0) is 28.9. The molecular weight excluding hydrogens is 525 g/mol. The molecule has 0 radical (unpaired) electrons. The van der Waals surface area contributed by atoms with Gasteiger partial charge in [0.2, 0.25) is 0 Å². The van der Waals surface area contributed by atoms with Gasteiger partial charge in [-0.1, -0.05) is 41.8 Å². The number of ketones is 1. The number of carbonyl (C=O) groups is 1. The van der Waals surface area contributed by atoms with Crippen molar-refractivity contribution in [1.29, 1.82) is 0 Å². The first kappa shape index (κ1) is 28.2. The van der Waals surface area contributed by atoms with Crippen LogP contribution in [0.25, 0.3) is 0 Å². The summed E-state index contributed by atoms with van der Waals surface area (Å²) in [4.78, 5) is 26.9. The number of allylic oxidation sites excluding steroid dienone is 3. The molecule has 4 nitrogen and oxygen atoms in total. The Labute approximate surface area is 240 Å². The van der Waals surface area contributed by atoms with E-state index in [-0.39, 0.29) is 41.3 Å². The first-order valence-electron chi connectivity index (χ1n) is 15.3. The van der Waals surface area contributed by atoms with Crippen molar-refractivity contribution in [3.8, 4) is 11.8 Å². The smallest absolute Gasteiger partial charge is 0.372 e. The minimum Gasteiger partial charge on any atom is -0.372 e. The van der Waals surface area contributed by atoms with Gasteiger partial charge in [0, 0.05) is 43.0 Å². The van der Waals surface area contributed by atoms with Crippen LogP contribution >= 0.6 is 0 Å². The predicted octanol–water partition coefficient (Wildman–Crippen LogP) is 8.14. The van der Waals surface area contributed by atoms with Crippen molar-refractivity contribution < 1.29 is 18.0 Å². The van der Waals surface area contributed by atoms with E-state index < -0.39 is 12.2 Å². The number of halogens is 3. The molecule has 7 atom stereocenters. The third-order valence-electron chi connectivity index (χ3n) is 11.0. The van der Waals surface area contributed by atoms with Crippen LogP contribution in [-0.2, 0) is 4.79 Å². The van der Waals surface area contributed by atoms with Crippen LogP contribution in [0, 0.1) is 45.8 Å². The van der Waals surface area contributed by atoms with Gasteiger partial charge < -0.3 is 4.90 Å². The van der Waals surface area contributed by atoms with Crippen molar-refractivity contribution in [2.75, 3.05) is 18.0 Å². The average Bonchev–Trinajstić information content (AvgIpc) is 3.60. The van der Waals surface area contributed by atoms with Crippen LogP contribution in [0.15, 0.2) is 52.2 Å². The number of rotatable bonds is 5. The first-order valence-corrected chi connectivity index (χ1v) is 15.3. The maximum atomic E-state index is 13.0. The van der Waals surface area contributed by atoms with Gasteiger partial charge in [-0.05, 0) is 110 Å². The van der Waals surface area contributed by atoms with Crippen molar-refractivity contribution in [2.45, 2.75) is 89.8 Å². The Morgan fingerprint density at radius 1 is 1.12 bits per heavy atom. The Kier molecular flexibility index (Phi) is 7.41. The summed E-state index contributed by atoms with van der Waals surface area (Å²) in [5, 5.41) is 3.31. The molecule has 1 aromatic rings. The zero-order valence-corrected chi connectivity index (χ0v) is 24.0. The molecule has 4 aliphatic carbocycles. The molecule has 1 aliphatic heterocycles. The van der Waals surface area contributed by atoms with E-state index in [9.17, 15) is 22.9 Å². The van der Waals surface area contributed by atoms with E-state index >= 15 is 0 Å². The summed E-state index contributed by atoms with van der Waals surface area (Å²) in [6.45, 7) is 6.18. The van der Waals surface area contributed by atoms with Crippen molar-refractivity contribution in [3.63, 3.8) is 0 Å². The third kappa shape index (κ3) is 5.17. The number of nitrogens with zero attached hydrogens (tertiary/aromatic N) is 2. The maximum Gasteiger partial charge on any atom is 0.457 e. The highest BCUT2D eigenvalue weighted by Gasteiger charge is 2.58. The van der Waals surface area contributed by atoms with Crippen LogP contribution in [0.3, 0.4) is 0 Å². The van der Waals surface area contributed by atoms with E-state index in [1.165, 1.54) is 41.2 Å². The van der Waals surface area contributed by atoms with E-state index in [0.717, 1.165) is 37.9 Å². The average molecular weight is 565 g/mol. The van der Waals surface area contributed by atoms with E-state index in [0.29, 0.717) is 25.2 Å². The Morgan fingerprint density at radius 2 is 1.85 bits per heavy atom. The van der Waals surface area contributed by atoms with E-state index in [2.05, 4.69) is 47.2 Å². The number of Topliss-reactive ketones (excluding diaryl/α,β-unsaturated/α-hetero) is 1. The van der Waals surface area contributed by atoms with Crippen LogP contribution in [0.1, 0.15) is 83.1 Å². The van der Waals surface area contributed by atoms with Gasteiger partial charge >= 0.3 is 6.18 Å². The molecule has 3 fully saturated rings. The molecule has 5 aliphatic rings. The van der Waals surface area contributed by atoms with Gasteiger partial charge in [0.25, 0.3) is 0 Å². The Bertz CT molecular complexity index is 1330. The minimum atomic E-state index is -4.53. The third-order valence-corrected chi connectivity index (χ3v) is 11.0. The molecule has 0 N–H and O–H groups in total. The lowest BCUT2D eigenvalue weighted by Gasteiger charge is -2.54. The fourth-order valence-corrected chi connectivity index (χ4v) is 9.33.